The van der Waals surface area contributed by atoms with Gasteiger partial charge in [-0.05, 0) is 5.56 Å². The molecule has 0 saturated heterocycles. The van der Waals surface area contributed by atoms with Crippen LogP contribution >= 0.6 is 0 Å². The Morgan fingerprint density at radius 2 is 2.15 bits per heavy atom. The zero-order valence-electron chi connectivity index (χ0n) is 7.03. The fourth-order valence-corrected chi connectivity index (χ4v) is 0.895. The van der Waals surface area contributed by atoms with Gasteiger partial charge < -0.3 is 10.7 Å². The molecule has 0 aliphatic carbocycles. The number of nitrogens with one attached hydrogen (secondary N) is 1. The van der Waals surface area contributed by atoms with Crippen molar-refractivity contribution >= 4 is 11.8 Å². The first-order valence-electron chi connectivity index (χ1n) is 3.87. The summed E-state index contributed by atoms with van der Waals surface area (Å²) in [5.74, 6) is 1.31. The first-order chi connectivity index (χ1) is 6.33. The quantitative estimate of drug-likeness (QED) is 0.540. The van der Waals surface area contributed by atoms with E-state index in [2.05, 4.69) is 5.32 Å². The van der Waals surface area contributed by atoms with Crippen LogP contribution in [0.15, 0.2) is 36.4 Å². The van der Waals surface area contributed by atoms with E-state index in [-0.39, 0.29) is 5.91 Å². The molecule has 0 unspecified atom stereocenters. The van der Waals surface area contributed by atoms with Gasteiger partial charge in [0.25, 0.3) is 0 Å². The highest BCUT2D eigenvalue weighted by Crippen LogP contribution is 1.96. The van der Waals surface area contributed by atoms with Gasteiger partial charge in [0, 0.05) is 12.6 Å². The SMILES string of the molecule is [N-]=C=CC(=O)NCc1ccccc1. The lowest BCUT2D eigenvalue weighted by Gasteiger charge is -2.00. The molecule has 0 radical (unpaired) electrons. The Morgan fingerprint density at radius 1 is 1.46 bits per heavy atom. The molecule has 1 rings (SSSR count). The Hall–Kier alpha value is -1.86. The average Bonchev–Trinajstić information content (AvgIpc) is 2.17. The van der Waals surface area contributed by atoms with Gasteiger partial charge in [-0.3, -0.25) is 10.7 Å². The summed E-state index contributed by atoms with van der Waals surface area (Å²) in [4.78, 5) is 10.8. The normalized spacial score (nSPS) is 8.62. The molecule has 0 saturated carbocycles. The molecule has 1 N–H and O–H groups in total. The van der Waals surface area contributed by atoms with Crippen LogP contribution in [0.1, 0.15) is 5.56 Å². The third-order valence-electron chi connectivity index (χ3n) is 1.51. The highest BCUT2D eigenvalue weighted by molar-refractivity contribution is 5.95. The highest BCUT2D eigenvalue weighted by Gasteiger charge is 1.93. The molecule has 13 heavy (non-hydrogen) atoms. The van der Waals surface area contributed by atoms with E-state index in [1.165, 1.54) is 0 Å². The van der Waals surface area contributed by atoms with Gasteiger partial charge in [0.15, 0.2) is 0 Å². The maximum Gasteiger partial charge on any atom is 0.250 e. The number of carbonyl (C=O) groups excluding carboxylic acids is 1. The molecule has 66 valence electrons. The van der Waals surface area contributed by atoms with Gasteiger partial charge in [-0.15, -0.1) is 0 Å². The standard InChI is InChI=1S/C10H9N2O/c11-7-6-10(13)12-8-9-4-2-1-3-5-9/h1-6H,8H2,(H,12,13)/q-1. The minimum Gasteiger partial charge on any atom is -0.763 e. The summed E-state index contributed by atoms with van der Waals surface area (Å²) in [6.45, 7) is 0.456. The van der Waals surface area contributed by atoms with Crippen LogP contribution in [0, 0.1) is 0 Å². The Balaban J connectivity index is 2.44. The van der Waals surface area contributed by atoms with Crippen LogP contribution in [0.4, 0.5) is 0 Å². The number of rotatable bonds is 3. The summed E-state index contributed by atoms with van der Waals surface area (Å²) >= 11 is 0. The second-order valence-corrected chi connectivity index (χ2v) is 2.48. The minimum absolute atomic E-state index is 0.355. The van der Waals surface area contributed by atoms with Crippen LogP contribution in [0.25, 0.3) is 5.41 Å². The third-order valence-corrected chi connectivity index (χ3v) is 1.51. The first kappa shape index (κ1) is 9.23. The first-order valence-corrected chi connectivity index (χ1v) is 3.87. The summed E-state index contributed by atoms with van der Waals surface area (Å²) in [5.41, 5.74) is 1.02. The van der Waals surface area contributed by atoms with Crippen molar-refractivity contribution in [3.05, 3.63) is 47.4 Å². The highest BCUT2D eigenvalue weighted by atomic mass is 16.1. The average molecular weight is 173 g/mol. The lowest BCUT2D eigenvalue weighted by atomic mass is 10.2. The van der Waals surface area contributed by atoms with E-state index in [9.17, 15) is 4.79 Å². The van der Waals surface area contributed by atoms with Crippen molar-refractivity contribution < 1.29 is 4.79 Å². The maximum absolute atomic E-state index is 10.8. The second kappa shape index (κ2) is 4.91. The number of nitrogens with zero attached hydrogens (tertiary/aromatic N) is 1. The Kier molecular flexibility index (Phi) is 3.48. The van der Waals surface area contributed by atoms with E-state index >= 15 is 0 Å². The zero-order chi connectivity index (χ0) is 9.52. The van der Waals surface area contributed by atoms with Crippen molar-refractivity contribution in [1.82, 2.24) is 5.32 Å². The molecular weight excluding hydrogens is 164 g/mol. The van der Waals surface area contributed by atoms with Gasteiger partial charge in [-0.2, -0.15) is 0 Å². The Bertz CT molecular complexity index is 326. The van der Waals surface area contributed by atoms with Gasteiger partial charge in [-0.1, -0.05) is 30.3 Å². The van der Waals surface area contributed by atoms with Crippen LogP contribution in [-0.2, 0) is 11.3 Å². The number of hydrogen-bond acceptors (Lipinski definition) is 1. The lowest BCUT2D eigenvalue weighted by Crippen LogP contribution is -2.20. The van der Waals surface area contributed by atoms with Gasteiger partial charge >= 0.3 is 0 Å². The molecule has 0 atom stereocenters. The van der Waals surface area contributed by atoms with Crippen molar-refractivity contribution in [2.45, 2.75) is 6.54 Å². The van der Waals surface area contributed by atoms with Gasteiger partial charge in [0.1, 0.15) is 0 Å². The smallest absolute Gasteiger partial charge is 0.250 e. The topological polar surface area (TPSA) is 51.4 Å². The zero-order valence-corrected chi connectivity index (χ0v) is 7.03. The van der Waals surface area contributed by atoms with Crippen LogP contribution < -0.4 is 5.32 Å². The van der Waals surface area contributed by atoms with Crippen LogP contribution in [-0.4, -0.2) is 11.8 Å². The monoisotopic (exact) mass is 173 g/mol. The lowest BCUT2D eigenvalue weighted by molar-refractivity contribution is -0.116. The van der Waals surface area contributed by atoms with E-state index in [0.717, 1.165) is 11.6 Å². The number of amides is 1. The van der Waals surface area contributed by atoms with Crippen molar-refractivity contribution in [1.29, 1.82) is 0 Å². The third kappa shape index (κ3) is 3.36. The van der Waals surface area contributed by atoms with E-state index < -0.39 is 0 Å². The van der Waals surface area contributed by atoms with Gasteiger partial charge in [0.2, 0.25) is 5.91 Å². The molecule has 1 aromatic carbocycles. The predicted octanol–water partition coefficient (Wildman–Crippen LogP) is 1.10. The number of benzene rings is 1. The van der Waals surface area contributed by atoms with E-state index in [4.69, 9.17) is 5.41 Å². The van der Waals surface area contributed by atoms with Gasteiger partial charge in [0.05, 0.1) is 0 Å². The summed E-state index contributed by atoms with van der Waals surface area (Å²) in [7, 11) is 0. The van der Waals surface area contributed by atoms with E-state index in [0.29, 0.717) is 6.54 Å². The van der Waals surface area contributed by atoms with Crippen molar-refractivity contribution in [2.24, 2.45) is 0 Å². The van der Waals surface area contributed by atoms with Crippen molar-refractivity contribution in [3.8, 4) is 0 Å². The van der Waals surface area contributed by atoms with E-state index in [1.54, 1.807) is 5.87 Å². The van der Waals surface area contributed by atoms with Crippen LogP contribution in [0.5, 0.6) is 0 Å². The summed E-state index contributed by atoms with van der Waals surface area (Å²) in [6.07, 6.45) is 0.947. The predicted molar refractivity (Wildman–Crippen MR) is 51.2 cm³/mol. The Morgan fingerprint density at radius 3 is 2.77 bits per heavy atom. The summed E-state index contributed by atoms with van der Waals surface area (Å²) < 4.78 is 0. The molecular formula is C10H9N2O-. The largest absolute Gasteiger partial charge is 0.763 e. The maximum atomic E-state index is 10.8. The molecule has 0 aliphatic rings. The second-order valence-electron chi connectivity index (χ2n) is 2.48. The van der Waals surface area contributed by atoms with Crippen molar-refractivity contribution in [2.75, 3.05) is 0 Å². The van der Waals surface area contributed by atoms with Gasteiger partial charge in [-0.25, -0.2) is 0 Å². The minimum atomic E-state index is -0.355. The molecule has 1 aromatic rings. The van der Waals surface area contributed by atoms with Crippen molar-refractivity contribution in [3.63, 3.8) is 0 Å². The molecule has 1 amide bonds. The fourth-order valence-electron chi connectivity index (χ4n) is 0.895. The molecule has 0 aromatic heterocycles. The molecule has 0 spiro atoms. The summed E-state index contributed by atoms with van der Waals surface area (Å²) in [5, 5.41) is 10.8. The van der Waals surface area contributed by atoms with Crippen LogP contribution in [0.2, 0.25) is 0 Å². The van der Waals surface area contributed by atoms with Crippen LogP contribution in [0.3, 0.4) is 0 Å². The number of hydrogen-bond donors (Lipinski definition) is 1. The summed E-state index contributed by atoms with van der Waals surface area (Å²) in [6, 6.07) is 9.52. The fraction of sp³-hybridized carbons (Fsp3) is 0.100. The molecule has 3 heteroatoms. The number of carbonyl (C=O) groups is 1. The molecule has 3 nitrogen and oxygen atoms in total. The molecule has 0 fully saturated rings. The molecule has 0 bridgehead atoms. The Labute approximate surface area is 76.6 Å². The molecule has 0 aliphatic heterocycles. The van der Waals surface area contributed by atoms with E-state index in [1.807, 2.05) is 30.3 Å². The molecule has 0 heterocycles.